The Bertz CT molecular complexity index is 827. The number of ether oxygens (including phenoxy) is 1. The Labute approximate surface area is 184 Å². The predicted octanol–water partition coefficient (Wildman–Crippen LogP) is 5.13. The molecule has 1 aromatic carbocycles. The van der Waals surface area contributed by atoms with Gasteiger partial charge in [0, 0.05) is 31.4 Å². The summed E-state index contributed by atoms with van der Waals surface area (Å²) in [6.45, 7) is 13.3. The number of hydrogen-bond donors (Lipinski definition) is 2. The molecule has 6 nitrogen and oxygen atoms in total. The van der Waals surface area contributed by atoms with Crippen LogP contribution in [0, 0.1) is 6.92 Å². The van der Waals surface area contributed by atoms with Crippen LogP contribution in [0.25, 0.3) is 10.4 Å². The van der Waals surface area contributed by atoms with Crippen molar-refractivity contribution in [2.75, 3.05) is 18.1 Å². The molecule has 30 heavy (non-hydrogen) atoms. The van der Waals surface area contributed by atoms with E-state index in [1.807, 2.05) is 33.2 Å². The van der Waals surface area contributed by atoms with Crippen LogP contribution in [-0.2, 0) is 11.3 Å². The monoisotopic (exact) mass is 433 g/mol. The molecule has 0 radical (unpaired) electrons. The molecule has 0 fully saturated rings. The summed E-state index contributed by atoms with van der Waals surface area (Å²) in [6.07, 6.45) is 1.24. The van der Waals surface area contributed by atoms with Crippen LogP contribution in [0.4, 0.5) is 10.5 Å². The molecule has 0 unspecified atom stereocenters. The van der Waals surface area contributed by atoms with Gasteiger partial charge in [0.25, 0.3) is 0 Å². The fourth-order valence-electron chi connectivity index (χ4n) is 3.23. The molecule has 0 spiro atoms. The van der Waals surface area contributed by atoms with Crippen LogP contribution in [0.3, 0.4) is 0 Å². The minimum Gasteiger partial charge on any atom is -0.444 e. The first-order valence-electron chi connectivity index (χ1n) is 10.5. The molecule has 0 saturated carbocycles. The van der Waals surface area contributed by atoms with E-state index in [0.717, 1.165) is 46.8 Å². The summed E-state index contributed by atoms with van der Waals surface area (Å²) in [5.41, 5.74) is 5.59. The molecule has 2 N–H and O–H groups in total. The zero-order chi connectivity index (χ0) is 22.3. The molecule has 7 heteroatoms. The van der Waals surface area contributed by atoms with Crippen LogP contribution >= 0.6 is 11.3 Å². The van der Waals surface area contributed by atoms with Gasteiger partial charge in [0.05, 0.1) is 16.1 Å². The zero-order valence-electron chi connectivity index (χ0n) is 19.0. The first-order chi connectivity index (χ1) is 14.1. The van der Waals surface area contributed by atoms with Gasteiger partial charge in [-0.05, 0) is 71.6 Å². The number of aliphatic hydroxyl groups is 1. The van der Waals surface area contributed by atoms with Gasteiger partial charge in [0.1, 0.15) is 5.60 Å². The zero-order valence-corrected chi connectivity index (χ0v) is 19.8. The van der Waals surface area contributed by atoms with E-state index >= 15 is 0 Å². The second kappa shape index (κ2) is 10.8. The van der Waals surface area contributed by atoms with Gasteiger partial charge >= 0.3 is 6.09 Å². The molecule has 1 aromatic heterocycles. The van der Waals surface area contributed by atoms with Gasteiger partial charge in [-0.2, -0.15) is 0 Å². The Balaban J connectivity index is 2.34. The van der Waals surface area contributed by atoms with E-state index in [1.165, 1.54) is 0 Å². The number of carbonyl (C=O) groups excluding carboxylic acids is 1. The molecule has 2 rings (SSSR count). The number of alkyl carbamates (subject to hydrolysis) is 1. The van der Waals surface area contributed by atoms with Gasteiger partial charge in [-0.1, -0.05) is 12.1 Å². The third kappa shape index (κ3) is 6.99. The minimum atomic E-state index is -0.533. The highest BCUT2D eigenvalue weighted by atomic mass is 32.1. The molecular weight excluding hydrogens is 398 g/mol. The van der Waals surface area contributed by atoms with Crippen molar-refractivity contribution in [3.05, 3.63) is 35.0 Å². The molecule has 0 atom stereocenters. The van der Waals surface area contributed by atoms with Gasteiger partial charge < -0.3 is 20.1 Å². The molecular formula is C23H35N3O3S. The third-order valence-electron chi connectivity index (χ3n) is 4.65. The number of rotatable bonds is 9. The van der Waals surface area contributed by atoms with Gasteiger partial charge in [-0.25, -0.2) is 9.78 Å². The lowest BCUT2D eigenvalue weighted by molar-refractivity contribution is 0.0523. The van der Waals surface area contributed by atoms with Crippen molar-refractivity contribution in [3.8, 4) is 10.4 Å². The molecule has 0 bridgehead atoms. The number of thiazole rings is 1. The van der Waals surface area contributed by atoms with E-state index in [4.69, 9.17) is 4.74 Å². The van der Waals surface area contributed by atoms with Crippen molar-refractivity contribution < 1.29 is 14.6 Å². The van der Waals surface area contributed by atoms with Crippen LogP contribution in [0.5, 0.6) is 0 Å². The molecule has 166 valence electrons. The van der Waals surface area contributed by atoms with Crippen molar-refractivity contribution >= 4 is 23.1 Å². The second-order valence-corrected chi connectivity index (χ2v) is 9.54. The summed E-state index contributed by atoms with van der Waals surface area (Å²) in [6, 6.07) is 6.62. The lowest BCUT2D eigenvalue weighted by Gasteiger charge is -2.32. The van der Waals surface area contributed by atoms with Gasteiger partial charge in [0.2, 0.25) is 0 Å². The fraction of sp³-hybridized carbons (Fsp3) is 0.565. The van der Waals surface area contributed by atoms with Crippen LogP contribution in [0.2, 0.25) is 0 Å². The normalized spacial score (nSPS) is 11.6. The summed E-state index contributed by atoms with van der Waals surface area (Å²) in [7, 11) is 0. The molecule has 1 heterocycles. The molecule has 0 saturated heterocycles. The lowest BCUT2D eigenvalue weighted by Crippen LogP contribution is -2.35. The molecule has 2 aromatic rings. The number of aliphatic hydroxyl groups excluding tert-OH is 1. The molecule has 0 aliphatic heterocycles. The van der Waals surface area contributed by atoms with Crippen LogP contribution in [-0.4, -0.2) is 41.0 Å². The van der Waals surface area contributed by atoms with Gasteiger partial charge in [-0.15, -0.1) is 11.3 Å². The summed E-state index contributed by atoms with van der Waals surface area (Å²) in [5.74, 6) is 0. The topological polar surface area (TPSA) is 74.7 Å². The molecule has 0 aliphatic carbocycles. The summed E-state index contributed by atoms with van der Waals surface area (Å²) in [4.78, 5) is 20.0. The van der Waals surface area contributed by atoms with Crippen molar-refractivity contribution in [1.82, 2.24) is 10.3 Å². The number of hydrogen-bond acceptors (Lipinski definition) is 6. The Morgan fingerprint density at radius 3 is 2.60 bits per heavy atom. The fourth-order valence-corrected chi connectivity index (χ4v) is 4.04. The Morgan fingerprint density at radius 1 is 1.30 bits per heavy atom. The lowest BCUT2D eigenvalue weighted by atomic mass is 10.0. The van der Waals surface area contributed by atoms with Crippen LogP contribution in [0.1, 0.15) is 58.7 Å². The quantitative estimate of drug-likeness (QED) is 0.536. The highest BCUT2D eigenvalue weighted by Crippen LogP contribution is 2.33. The maximum absolute atomic E-state index is 12.2. The van der Waals surface area contributed by atoms with Crippen molar-refractivity contribution in [3.63, 3.8) is 0 Å². The number of benzene rings is 1. The maximum atomic E-state index is 12.2. The van der Waals surface area contributed by atoms with Crippen molar-refractivity contribution in [2.45, 2.75) is 72.6 Å². The van der Waals surface area contributed by atoms with Gasteiger partial charge in [0.15, 0.2) is 0 Å². The number of aromatic nitrogens is 1. The summed E-state index contributed by atoms with van der Waals surface area (Å²) < 4.78 is 5.39. The number of amides is 1. The average molecular weight is 434 g/mol. The maximum Gasteiger partial charge on any atom is 0.407 e. The van der Waals surface area contributed by atoms with E-state index in [1.54, 1.807) is 11.3 Å². The van der Waals surface area contributed by atoms with E-state index in [9.17, 15) is 9.90 Å². The Hall–Kier alpha value is -2.12. The summed E-state index contributed by atoms with van der Waals surface area (Å²) in [5, 5.41) is 12.1. The van der Waals surface area contributed by atoms with Crippen LogP contribution < -0.4 is 10.2 Å². The van der Waals surface area contributed by atoms with E-state index < -0.39 is 11.7 Å². The van der Waals surface area contributed by atoms with E-state index in [2.05, 4.69) is 47.2 Å². The number of anilines is 1. The Kier molecular flexibility index (Phi) is 8.67. The van der Waals surface area contributed by atoms with Gasteiger partial charge in [-0.3, -0.25) is 0 Å². The highest BCUT2D eigenvalue weighted by molar-refractivity contribution is 7.13. The van der Waals surface area contributed by atoms with Crippen LogP contribution in [0.15, 0.2) is 23.7 Å². The molecule has 0 aliphatic rings. The van der Waals surface area contributed by atoms with E-state index in [-0.39, 0.29) is 12.6 Å². The average Bonchev–Trinajstić information content (AvgIpc) is 3.08. The first kappa shape index (κ1) is 24.2. The van der Waals surface area contributed by atoms with Crippen molar-refractivity contribution in [2.24, 2.45) is 0 Å². The number of nitrogens with zero attached hydrogens (tertiary/aromatic N) is 2. The second-order valence-electron chi connectivity index (χ2n) is 8.68. The first-order valence-corrected chi connectivity index (χ1v) is 11.4. The number of nitrogens with one attached hydrogen (secondary N) is 1. The largest absolute Gasteiger partial charge is 0.444 e. The summed E-state index contributed by atoms with van der Waals surface area (Å²) >= 11 is 1.63. The number of carbonyl (C=O) groups is 1. The number of unbranched alkanes of at least 4 members (excludes halogenated alkanes) is 1. The van der Waals surface area contributed by atoms with Crippen molar-refractivity contribution in [1.29, 1.82) is 0 Å². The predicted molar refractivity (Wildman–Crippen MR) is 124 cm³/mol. The van der Waals surface area contributed by atoms with E-state index in [0.29, 0.717) is 6.54 Å². The standard InChI is InChI=1S/C23H35N3O3S/c1-16(2)26(11-7-8-12-27)20-13-18(21-17(3)25-15-30-21)9-10-19(20)14-24-22(28)29-23(4,5)6/h9-10,13,15-16,27H,7-8,11-12,14H2,1-6H3,(H,24,28). The smallest absolute Gasteiger partial charge is 0.407 e. The highest BCUT2D eigenvalue weighted by Gasteiger charge is 2.19. The molecule has 1 amide bonds. The third-order valence-corrected chi connectivity index (χ3v) is 5.63. The number of aryl methyl sites for hydroxylation is 1. The SMILES string of the molecule is Cc1ncsc1-c1ccc(CNC(=O)OC(C)(C)C)c(N(CCCCO)C(C)C)c1. The minimum absolute atomic E-state index is 0.194. The Morgan fingerprint density at radius 2 is 2.03 bits per heavy atom.